The minimum Gasteiger partial charge on any atom is -0.493 e. The zero-order valence-electron chi connectivity index (χ0n) is 17.3. The minimum atomic E-state index is -0.463. The zero-order chi connectivity index (χ0) is 21.3. The number of rotatable bonds is 9. The predicted octanol–water partition coefficient (Wildman–Crippen LogP) is 4.71. The summed E-state index contributed by atoms with van der Waals surface area (Å²) in [4.78, 5) is 14.7. The fourth-order valence-corrected chi connectivity index (χ4v) is 3.14. The maximum Gasteiger partial charge on any atom is 0.338 e. The van der Waals surface area contributed by atoms with Crippen molar-refractivity contribution >= 4 is 17.3 Å². The van der Waals surface area contributed by atoms with Crippen LogP contribution < -0.4 is 19.1 Å². The maximum absolute atomic E-state index is 12.6. The molecule has 0 aliphatic heterocycles. The quantitative estimate of drug-likeness (QED) is 0.479. The van der Waals surface area contributed by atoms with E-state index in [4.69, 9.17) is 18.9 Å². The molecule has 3 rings (SSSR count). The molecule has 0 radical (unpaired) electrons. The highest BCUT2D eigenvalue weighted by Gasteiger charge is 2.18. The van der Waals surface area contributed by atoms with Gasteiger partial charge in [-0.25, -0.2) is 4.79 Å². The molecule has 0 heterocycles. The second-order valence-electron chi connectivity index (χ2n) is 6.37. The summed E-state index contributed by atoms with van der Waals surface area (Å²) in [7, 11) is 4.52. The average molecular weight is 407 g/mol. The number of esters is 1. The molecule has 0 saturated carbocycles. The number of ether oxygens (including phenoxy) is 4. The Labute approximate surface area is 176 Å². The molecule has 0 unspecified atom stereocenters. The number of nitrogens with zero attached hydrogens (tertiary/aromatic N) is 1. The first kappa shape index (κ1) is 21.0. The lowest BCUT2D eigenvalue weighted by Gasteiger charge is -2.25. The first-order chi connectivity index (χ1) is 14.7. The van der Waals surface area contributed by atoms with Gasteiger partial charge in [-0.3, -0.25) is 0 Å². The van der Waals surface area contributed by atoms with Crippen LogP contribution in [0.4, 0.5) is 11.4 Å². The van der Waals surface area contributed by atoms with Crippen molar-refractivity contribution in [2.75, 3.05) is 39.4 Å². The van der Waals surface area contributed by atoms with Crippen LogP contribution >= 0.6 is 0 Å². The molecule has 0 N–H and O–H groups in total. The molecule has 3 aromatic carbocycles. The number of carbonyl (C=O) groups excluding carboxylic acids is 1. The van der Waals surface area contributed by atoms with Crippen LogP contribution in [-0.4, -0.2) is 40.5 Å². The molecule has 30 heavy (non-hydrogen) atoms. The van der Waals surface area contributed by atoms with Crippen LogP contribution in [0.25, 0.3) is 0 Å². The molecular formula is C24H25NO5. The van der Waals surface area contributed by atoms with Crippen molar-refractivity contribution in [3.63, 3.8) is 0 Å². The molecule has 0 atom stereocenters. The molecule has 156 valence electrons. The average Bonchev–Trinajstić information content (AvgIpc) is 2.81. The van der Waals surface area contributed by atoms with Crippen LogP contribution in [0.3, 0.4) is 0 Å². The Hall–Kier alpha value is -3.67. The second-order valence-corrected chi connectivity index (χ2v) is 6.37. The van der Waals surface area contributed by atoms with Crippen LogP contribution in [-0.2, 0) is 4.74 Å². The number of para-hydroxylation sites is 2. The molecule has 3 aromatic rings. The van der Waals surface area contributed by atoms with Gasteiger partial charge < -0.3 is 23.8 Å². The van der Waals surface area contributed by atoms with E-state index in [-0.39, 0.29) is 6.61 Å². The number of benzene rings is 3. The van der Waals surface area contributed by atoms with E-state index in [2.05, 4.69) is 4.90 Å². The lowest BCUT2D eigenvalue weighted by atomic mass is 10.2. The molecule has 0 saturated heterocycles. The van der Waals surface area contributed by atoms with E-state index in [9.17, 15) is 4.79 Å². The predicted molar refractivity (Wildman–Crippen MR) is 116 cm³/mol. The van der Waals surface area contributed by atoms with Gasteiger partial charge >= 0.3 is 5.97 Å². The van der Waals surface area contributed by atoms with Crippen molar-refractivity contribution in [3.05, 3.63) is 78.4 Å². The van der Waals surface area contributed by atoms with E-state index in [1.807, 2.05) is 60.7 Å². The second kappa shape index (κ2) is 10.2. The van der Waals surface area contributed by atoms with Gasteiger partial charge in [0.05, 0.1) is 33.4 Å². The number of hydrogen-bond acceptors (Lipinski definition) is 6. The third kappa shape index (κ3) is 4.84. The van der Waals surface area contributed by atoms with E-state index in [0.717, 1.165) is 11.4 Å². The topological polar surface area (TPSA) is 57.2 Å². The van der Waals surface area contributed by atoms with Crippen LogP contribution in [0.1, 0.15) is 10.4 Å². The molecule has 6 nitrogen and oxygen atoms in total. The van der Waals surface area contributed by atoms with Crippen molar-refractivity contribution in [1.29, 1.82) is 0 Å². The summed E-state index contributed by atoms with van der Waals surface area (Å²) in [6.07, 6.45) is 0. The van der Waals surface area contributed by atoms with Crippen molar-refractivity contribution < 1.29 is 23.7 Å². The summed E-state index contributed by atoms with van der Waals surface area (Å²) < 4.78 is 21.5. The largest absolute Gasteiger partial charge is 0.493 e. The molecule has 6 heteroatoms. The van der Waals surface area contributed by atoms with Crippen LogP contribution in [0, 0.1) is 0 Å². The van der Waals surface area contributed by atoms with Crippen LogP contribution in [0.5, 0.6) is 17.2 Å². The Kier molecular flexibility index (Phi) is 7.16. The molecule has 0 bridgehead atoms. The number of anilines is 2. The molecule has 0 aliphatic carbocycles. The maximum atomic E-state index is 12.6. The van der Waals surface area contributed by atoms with Gasteiger partial charge in [-0.2, -0.15) is 0 Å². The van der Waals surface area contributed by atoms with Crippen molar-refractivity contribution in [1.82, 2.24) is 0 Å². The molecule has 0 amide bonds. The Balaban J connectivity index is 1.73. The van der Waals surface area contributed by atoms with Crippen molar-refractivity contribution in [2.24, 2.45) is 0 Å². The van der Waals surface area contributed by atoms with Gasteiger partial charge in [-0.05, 0) is 36.4 Å². The normalized spacial score (nSPS) is 10.2. The summed E-state index contributed by atoms with van der Waals surface area (Å²) in [6, 6.07) is 23.1. The molecule has 0 aliphatic rings. The van der Waals surface area contributed by atoms with E-state index in [0.29, 0.717) is 29.4 Å². The minimum absolute atomic E-state index is 0.208. The Bertz CT molecular complexity index is 895. The molecule has 0 aromatic heterocycles. The van der Waals surface area contributed by atoms with Gasteiger partial charge in [-0.1, -0.05) is 36.4 Å². The monoisotopic (exact) mass is 407 g/mol. The fourth-order valence-electron chi connectivity index (χ4n) is 3.14. The first-order valence-electron chi connectivity index (χ1n) is 9.52. The van der Waals surface area contributed by atoms with Crippen LogP contribution in [0.15, 0.2) is 72.8 Å². The van der Waals surface area contributed by atoms with Crippen LogP contribution in [0.2, 0.25) is 0 Å². The van der Waals surface area contributed by atoms with E-state index in [1.54, 1.807) is 12.1 Å². The number of methoxy groups -OCH3 is 3. The first-order valence-corrected chi connectivity index (χ1v) is 9.52. The van der Waals surface area contributed by atoms with Crippen molar-refractivity contribution in [3.8, 4) is 17.2 Å². The lowest BCUT2D eigenvalue weighted by molar-refractivity contribution is 0.0516. The Morgan fingerprint density at radius 1 is 0.767 bits per heavy atom. The van der Waals surface area contributed by atoms with Gasteiger partial charge in [0.25, 0.3) is 0 Å². The Morgan fingerprint density at radius 2 is 1.27 bits per heavy atom. The van der Waals surface area contributed by atoms with E-state index in [1.165, 1.54) is 21.3 Å². The van der Waals surface area contributed by atoms with Gasteiger partial charge in [0.15, 0.2) is 11.5 Å². The third-order valence-electron chi connectivity index (χ3n) is 4.58. The zero-order valence-corrected chi connectivity index (χ0v) is 17.3. The molecule has 0 spiro atoms. The smallest absolute Gasteiger partial charge is 0.338 e. The fraction of sp³-hybridized carbons (Fsp3) is 0.208. The summed E-state index contributed by atoms with van der Waals surface area (Å²) in [5.74, 6) is 0.768. The van der Waals surface area contributed by atoms with Gasteiger partial charge in [0.2, 0.25) is 5.75 Å². The van der Waals surface area contributed by atoms with Gasteiger partial charge in [0.1, 0.15) is 6.61 Å². The highest BCUT2D eigenvalue weighted by Crippen LogP contribution is 2.38. The van der Waals surface area contributed by atoms with E-state index < -0.39 is 5.97 Å². The lowest BCUT2D eigenvalue weighted by Crippen LogP contribution is -2.23. The number of hydrogen-bond donors (Lipinski definition) is 0. The third-order valence-corrected chi connectivity index (χ3v) is 4.58. The summed E-state index contributed by atoms with van der Waals surface area (Å²) >= 11 is 0. The summed E-state index contributed by atoms with van der Waals surface area (Å²) in [6.45, 7) is 0.712. The summed E-state index contributed by atoms with van der Waals surface area (Å²) in [5.41, 5.74) is 2.37. The van der Waals surface area contributed by atoms with Gasteiger partial charge in [0, 0.05) is 11.4 Å². The Morgan fingerprint density at radius 3 is 1.70 bits per heavy atom. The standard InChI is InChI=1S/C24H25NO5/c1-27-21-16-18(17-22(28-2)23(21)29-3)24(26)30-15-14-25(19-10-6-4-7-11-19)20-12-8-5-9-13-20/h4-13,16-17H,14-15H2,1-3H3. The van der Waals surface area contributed by atoms with Gasteiger partial charge in [-0.15, -0.1) is 0 Å². The van der Waals surface area contributed by atoms with E-state index >= 15 is 0 Å². The summed E-state index contributed by atoms with van der Waals surface area (Å²) in [5, 5.41) is 0. The molecule has 0 fully saturated rings. The molecular weight excluding hydrogens is 382 g/mol. The highest BCUT2D eigenvalue weighted by atomic mass is 16.5. The van der Waals surface area contributed by atoms with Crippen molar-refractivity contribution in [2.45, 2.75) is 0 Å². The number of carbonyl (C=O) groups is 1. The highest BCUT2D eigenvalue weighted by molar-refractivity contribution is 5.91. The SMILES string of the molecule is COc1cc(C(=O)OCCN(c2ccccc2)c2ccccc2)cc(OC)c1OC.